The van der Waals surface area contributed by atoms with E-state index in [-0.39, 0.29) is 12.1 Å². The first-order valence-corrected chi connectivity index (χ1v) is 6.86. The van der Waals surface area contributed by atoms with E-state index in [2.05, 4.69) is 29.1 Å². The summed E-state index contributed by atoms with van der Waals surface area (Å²) in [4.78, 5) is 8.41. The Morgan fingerprint density at radius 1 is 1.15 bits per heavy atom. The van der Waals surface area contributed by atoms with Gasteiger partial charge in [0.05, 0.1) is 24.0 Å². The molecule has 0 spiro atoms. The third kappa shape index (κ3) is 3.70. The van der Waals surface area contributed by atoms with Gasteiger partial charge < -0.3 is 10.1 Å². The van der Waals surface area contributed by atoms with Crippen LogP contribution in [0, 0.1) is 6.92 Å². The van der Waals surface area contributed by atoms with Gasteiger partial charge in [-0.2, -0.15) is 0 Å². The zero-order valence-corrected chi connectivity index (χ0v) is 12.4. The molecule has 0 bridgehead atoms. The summed E-state index contributed by atoms with van der Waals surface area (Å²) in [7, 11) is 0. The lowest BCUT2D eigenvalue weighted by Gasteiger charge is -2.17. The monoisotopic (exact) mass is 271 g/mol. The van der Waals surface area contributed by atoms with E-state index in [1.807, 2.05) is 32.0 Å². The molecule has 20 heavy (non-hydrogen) atoms. The highest BCUT2D eigenvalue weighted by molar-refractivity contribution is 5.54. The van der Waals surface area contributed by atoms with Gasteiger partial charge in [0.25, 0.3) is 0 Å². The predicted molar refractivity (Wildman–Crippen MR) is 81.0 cm³/mol. The second kappa shape index (κ2) is 6.37. The number of aryl methyl sites for hydroxylation is 1. The number of ether oxygens (including phenoxy) is 1. The first-order chi connectivity index (χ1) is 9.56. The maximum absolute atomic E-state index is 5.69. The summed E-state index contributed by atoms with van der Waals surface area (Å²) in [6.07, 6.45) is 5.36. The van der Waals surface area contributed by atoms with Gasteiger partial charge in [-0.1, -0.05) is 0 Å². The van der Waals surface area contributed by atoms with Crippen molar-refractivity contribution in [2.75, 3.05) is 5.32 Å². The van der Waals surface area contributed by atoms with Gasteiger partial charge in [-0.15, -0.1) is 0 Å². The lowest BCUT2D eigenvalue weighted by molar-refractivity contribution is 0.242. The highest BCUT2D eigenvalue weighted by atomic mass is 16.5. The molecular formula is C16H21N3O. The minimum absolute atomic E-state index is 0.110. The molecule has 2 aromatic rings. The van der Waals surface area contributed by atoms with Crippen LogP contribution in [0.5, 0.6) is 5.75 Å². The Labute approximate surface area is 120 Å². The zero-order valence-electron chi connectivity index (χ0n) is 12.4. The van der Waals surface area contributed by atoms with Crippen molar-refractivity contribution in [2.24, 2.45) is 0 Å². The Kier molecular flexibility index (Phi) is 4.56. The largest absolute Gasteiger partial charge is 0.491 e. The Balaban J connectivity index is 2.10. The number of hydrogen-bond acceptors (Lipinski definition) is 4. The van der Waals surface area contributed by atoms with Crippen LogP contribution in [0.4, 0.5) is 5.69 Å². The first kappa shape index (κ1) is 14.3. The van der Waals surface area contributed by atoms with Crippen molar-refractivity contribution >= 4 is 5.69 Å². The number of anilines is 1. The van der Waals surface area contributed by atoms with Crippen molar-refractivity contribution in [2.45, 2.75) is 39.8 Å². The Bertz CT molecular complexity index is 555. The lowest BCUT2D eigenvalue weighted by atomic mass is 10.1. The summed E-state index contributed by atoms with van der Waals surface area (Å²) in [5, 5.41) is 3.45. The molecule has 0 radical (unpaired) electrons. The van der Waals surface area contributed by atoms with Gasteiger partial charge in [0.15, 0.2) is 0 Å². The quantitative estimate of drug-likeness (QED) is 0.899. The molecule has 106 valence electrons. The van der Waals surface area contributed by atoms with Crippen molar-refractivity contribution in [3.63, 3.8) is 0 Å². The third-order valence-electron chi connectivity index (χ3n) is 2.97. The molecule has 1 atom stereocenters. The topological polar surface area (TPSA) is 47.0 Å². The van der Waals surface area contributed by atoms with E-state index in [1.54, 1.807) is 18.6 Å². The number of nitrogens with one attached hydrogen (secondary N) is 1. The van der Waals surface area contributed by atoms with Gasteiger partial charge in [-0.05, 0) is 51.5 Å². The standard InChI is InChI=1S/C16H21N3O/c1-11(2)20-14-5-6-15(12(3)9-14)19-13(4)16-10-17-7-8-18-16/h5-11,13,19H,1-4H3. The molecule has 0 aliphatic rings. The summed E-state index contributed by atoms with van der Waals surface area (Å²) in [6.45, 7) is 8.19. The van der Waals surface area contributed by atoms with Crippen molar-refractivity contribution < 1.29 is 4.74 Å². The fourth-order valence-electron chi connectivity index (χ4n) is 1.99. The van der Waals surface area contributed by atoms with E-state index >= 15 is 0 Å². The molecular weight excluding hydrogens is 250 g/mol. The van der Waals surface area contributed by atoms with Crippen molar-refractivity contribution in [1.82, 2.24) is 9.97 Å². The number of rotatable bonds is 5. The number of aromatic nitrogens is 2. The normalized spacial score (nSPS) is 12.2. The molecule has 0 saturated heterocycles. The van der Waals surface area contributed by atoms with E-state index in [4.69, 9.17) is 4.74 Å². The summed E-state index contributed by atoms with van der Waals surface area (Å²) in [6, 6.07) is 6.18. The van der Waals surface area contributed by atoms with E-state index in [1.165, 1.54) is 0 Å². The second-order valence-electron chi connectivity index (χ2n) is 5.14. The van der Waals surface area contributed by atoms with Gasteiger partial charge in [0.2, 0.25) is 0 Å². The fraction of sp³-hybridized carbons (Fsp3) is 0.375. The summed E-state index contributed by atoms with van der Waals surface area (Å²) >= 11 is 0. The number of benzene rings is 1. The van der Waals surface area contributed by atoms with Crippen LogP contribution in [0.3, 0.4) is 0 Å². The third-order valence-corrected chi connectivity index (χ3v) is 2.97. The SMILES string of the molecule is Cc1cc(OC(C)C)ccc1NC(C)c1cnccn1. The molecule has 0 aliphatic carbocycles. The predicted octanol–water partition coefficient (Wildman–Crippen LogP) is 3.75. The van der Waals surface area contributed by atoms with Crippen LogP contribution < -0.4 is 10.1 Å². The highest BCUT2D eigenvalue weighted by Gasteiger charge is 2.09. The molecule has 0 saturated carbocycles. The van der Waals surface area contributed by atoms with Crippen molar-refractivity contribution in [3.05, 3.63) is 48.0 Å². The summed E-state index contributed by atoms with van der Waals surface area (Å²) < 4.78 is 5.69. The summed E-state index contributed by atoms with van der Waals surface area (Å²) in [5.74, 6) is 0.898. The molecule has 0 fully saturated rings. The van der Waals surface area contributed by atoms with E-state index < -0.39 is 0 Å². The number of hydrogen-bond donors (Lipinski definition) is 1. The maximum Gasteiger partial charge on any atom is 0.120 e. The molecule has 1 aromatic carbocycles. The minimum atomic E-state index is 0.110. The van der Waals surface area contributed by atoms with Gasteiger partial charge in [0.1, 0.15) is 5.75 Å². The number of nitrogens with zero attached hydrogens (tertiary/aromatic N) is 2. The molecule has 1 heterocycles. The van der Waals surface area contributed by atoms with E-state index in [0.29, 0.717) is 0 Å². The van der Waals surface area contributed by atoms with Crippen LogP contribution in [-0.4, -0.2) is 16.1 Å². The van der Waals surface area contributed by atoms with Crippen LogP contribution >= 0.6 is 0 Å². The van der Waals surface area contributed by atoms with E-state index in [9.17, 15) is 0 Å². The average Bonchev–Trinajstić information content (AvgIpc) is 2.42. The Morgan fingerprint density at radius 3 is 2.55 bits per heavy atom. The smallest absolute Gasteiger partial charge is 0.120 e. The van der Waals surface area contributed by atoms with Crippen LogP contribution in [0.15, 0.2) is 36.8 Å². The molecule has 0 aliphatic heterocycles. The summed E-state index contributed by atoms with van der Waals surface area (Å²) in [5.41, 5.74) is 3.16. The molecule has 2 rings (SSSR count). The van der Waals surface area contributed by atoms with Gasteiger partial charge in [-0.25, -0.2) is 0 Å². The Hall–Kier alpha value is -2.10. The van der Waals surface area contributed by atoms with E-state index in [0.717, 1.165) is 22.7 Å². The molecule has 4 nitrogen and oxygen atoms in total. The minimum Gasteiger partial charge on any atom is -0.491 e. The first-order valence-electron chi connectivity index (χ1n) is 6.86. The van der Waals surface area contributed by atoms with Crippen LogP contribution in [0.2, 0.25) is 0 Å². The van der Waals surface area contributed by atoms with Gasteiger partial charge >= 0.3 is 0 Å². The van der Waals surface area contributed by atoms with Gasteiger partial charge in [-0.3, -0.25) is 9.97 Å². The van der Waals surface area contributed by atoms with Gasteiger partial charge in [0, 0.05) is 18.1 Å². The lowest BCUT2D eigenvalue weighted by Crippen LogP contribution is -2.10. The highest BCUT2D eigenvalue weighted by Crippen LogP contribution is 2.25. The Morgan fingerprint density at radius 2 is 1.95 bits per heavy atom. The maximum atomic E-state index is 5.69. The van der Waals surface area contributed by atoms with Crippen LogP contribution in [0.1, 0.15) is 38.1 Å². The molecule has 0 amide bonds. The van der Waals surface area contributed by atoms with Crippen molar-refractivity contribution in [1.29, 1.82) is 0 Å². The zero-order chi connectivity index (χ0) is 14.5. The molecule has 4 heteroatoms. The molecule has 1 N–H and O–H groups in total. The molecule has 1 unspecified atom stereocenters. The van der Waals surface area contributed by atoms with Crippen LogP contribution in [-0.2, 0) is 0 Å². The average molecular weight is 271 g/mol. The second-order valence-corrected chi connectivity index (χ2v) is 5.14. The molecule has 1 aromatic heterocycles. The van der Waals surface area contributed by atoms with Crippen LogP contribution in [0.25, 0.3) is 0 Å². The van der Waals surface area contributed by atoms with Crippen molar-refractivity contribution in [3.8, 4) is 5.75 Å². The fourth-order valence-corrected chi connectivity index (χ4v) is 1.99.